The van der Waals surface area contributed by atoms with Gasteiger partial charge in [0.15, 0.2) is 31.2 Å². The third-order valence-electron chi connectivity index (χ3n) is 5.40. The summed E-state index contributed by atoms with van der Waals surface area (Å²) in [6, 6.07) is 9.26. The van der Waals surface area contributed by atoms with E-state index in [1.165, 1.54) is 19.2 Å². The molecule has 8 nitrogen and oxygen atoms in total. The molecule has 2 atom stereocenters. The molecule has 2 heterocycles. The summed E-state index contributed by atoms with van der Waals surface area (Å²) in [6.07, 6.45) is 0. The number of sulfone groups is 2. The number of fused-ring (bicyclic) bond motifs is 1. The molecule has 1 fully saturated rings. The molecular formula is C20H23NO7S2. The average molecular weight is 454 g/mol. The van der Waals surface area contributed by atoms with Gasteiger partial charge in [0.2, 0.25) is 6.79 Å². The van der Waals surface area contributed by atoms with Crippen LogP contribution < -0.4 is 19.5 Å². The molecule has 30 heavy (non-hydrogen) atoms. The lowest BCUT2D eigenvalue weighted by Gasteiger charge is -2.20. The summed E-state index contributed by atoms with van der Waals surface area (Å²) in [5.41, 5.74) is 1.52. The predicted octanol–water partition coefficient (Wildman–Crippen LogP) is 1.46. The van der Waals surface area contributed by atoms with Crippen LogP contribution in [0.15, 0.2) is 41.3 Å². The molecule has 162 valence electrons. The van der Waals surface area contributed by atoms with Crippen LogP contribution >= 0.6 is 0 Å². The first kappa shape index (κ1) is 21.0. The summed E-state index contributed by atoms with van der Waals surface area (Å²) >= 11 is 0. The molecule has 10 heteroatoms. The number of hydrogen-bond acceptors (Lipinski definition) is 8. The van der Waals surface area contributed by atoms with Gasteiger partial charge in [0.25, 0.3) is 0 Å². The Hall–Kier alpha value is -2.30. The maximum atomic E-state index is 13.3. The quantitative estimate of drug-likeness (QED) is 0.701. The molecule has 0 amide bonds. The first-order valence-corrected chi connectivity index (χ1v) is 12.8. The zero-order valence-corrected chi connectivity index (χ0v) is 18.3. The number of benzene rings is 2. The second-order valence-corrected chi connectivity index (χ2v) is 11.8. The summed E-state index contributed by atoms with van der Waals surface area (Å²) in [5, 5.41) is 2.06. The summed E-state index contributed by atoms with van der Waals surface area (Å²) in [6.45, 7) is 2.22. The molecule has 1 N–H and O–H groups in total. The smallest absolute Gasteiger partial charge is 0.231 e. The third-order valence-corrected chi connectivity index (χ3v) is 9.55. The highest BCUT2D eigenvalue weighted by atomic mass is 32.2. The van der Waals surface area contributed by atoms with Crippen LogP contribution in [0.25, 0.3) is 0 Å². The number of ether oxygens (including phenoxy) is 3. The SMILES string of the molecule is COc1ccc(S(=O)(=O)[C@H]2CS(=O)(=O)C[C@@H]2NCc2ccc3c(c2)OCO3)cc1C. The van der Waals surface area contributed by atoms with Crippen LogP contribution in [-0.4, -0.2) is 53.5 Å². The van der Waals surface area contributed by atoms with Gasteiger partial charge in [-0.1, -0.05) is 6.07 Å². The molecule has 2 aromatic carbocycles. The fourth-order valence-corrected chi connectivity index (χ4v) is 8.61. The maximum Gasteiger partial charge on any atom is 0.231 e. The van der Waals surface area contributed by atoms with Crippen LogP contribution in [0.4, 0.5) is 0 Å². The van der Waals surface area contributed by atoms with Gasteiger partial charge in [-0.15, -0.1) is 0 Å². The molecular weight excluding hydrogens is 430 g/mol. The van der Waals surface area contributed by atoms with Crippen molar-refractivity contribution >= 4 is 19.7 Å². The molecule has 1 saturated heterocycles. The Morgan fingerprint density at radius 2 is 1.87 bits per heavy atom. The van der Waals surface area contributed by atoms with Crippen molar-refractivity contribution in [1.82, 2.24) is 5.32 Å². The number of hydrogen-bond donors (Lipinski definition) is 1. The van der Waals surface area contributed by atoms with Crippen molar-refractivity contribution in [3.05, 3.63) is 47.5 Å². The highest BCUT2D eigenvalue weighted by Gasteiger charge is 2.45. The molecule has 2 aliphatic heterocycles. The molecule has 0 spiro atoms. The van der Waals surface area contributed by atoms with E-state index in [2.05, 4.69) is 5.32 Å². The van der Waals surface area contributed by atoms with Gasteiger partial charge in [0.05, 0.1) is 28.8 Å². The summed E-state index contributed by atoms with van der Waals surface area (Å²) in [5.74, 6) is 1.21. The van der Waals surface area contributed by atoms with Gasteiger partial charge < -0.3 is 19.5 Å². The Labute approximate surface area is 176 Å². The van der Waals surface area contributed by atoms with E-state index in [1.807, 2.05) is 6.07 Å². The molecule has 2 aromatic rings. The van der Waals surface area contributed by atoms with E-state index in [0.29, 0.717) is 29.4 Å². The predicted molar refractivity (Wildman–Crippen MR) is 111 cm³/mol. The topological polar surface area (TPSA) is 108 Å². The van der Waals surface area contributed by atoms with Crippen LogP contribution in [0.3, 0.4) is 0 Å². The fraction of sp³-hybridized carbons (Fsp3) is 0.400. The monoisotopic (exact) mass is 453 g/mol. The van der Waals surface area contributed by atoms with E-state index in [9.17, 15) is 16.8 Å². The zero-order chi connectivity index (χ0) is 21.5. The van der Waals surface area contributed by atoms with Gasteiger partial charge in [0, 0.05) is 12.6 Å². The highest BCUT2D eigenvalue weighted by Crippen LogP contribution is 2.33. The molecule has 0 radical (unpaired) electrons. The van der Waals surface area contributed by atoms with Gasteiger partial charge in [-0.3, -0.25) is 0 Å². The van der Waals surface area contributed by atoms with E-state index in [-0.39, 0.29) is 17.4 Å². The minimum Gasteiger partial charge on any atom is -0.496 e. The summed E-state index contributed by atoms with van der Waals surface area (Å²) in [7, 11) is -5.84. The molecule has 2 aliphatic rings. The van der Waals surface area contributed by atoms with Crippen LogP contribution in [-0.2, 0) is 26.2 Å². The normalized spacial score (nSPS) is 22.2. The Balaban J connectivity index is 1.57. The lowest BCUT2D eigenvalue weighted by Crippen LogP contribution is -2.43. The van der Waals surface area contributed by atoms with Crippen LogP contribution in [0, 0.1) is 6.92 Å². The second-order valence-electron chi connectivity index (χ2n) is 7.47. The summed E-state index contributed by atoms with van der Waals surface area (Å²) in [4.78, 5) is 0.0952. The lowest BCUT2D eigenvalue weighted by molar-refractivity contribution is 0.174. The van der Waals surface area contributed by atoms with E-state index in [1.54, 1.807) is 25.1 Å². The van der Waals surface area contributed by atoms with E-state index in [0.717, 1.165) is 5.56 Å². The Morgan fingerprint density at radius 3 is 2.60 bits per heavy atom. The van der Waals surface area contributed by atoms with Crippen molar-refractivity contribution in [3.63, 3.8) is 0 Å². The van der Waals surface area contributed by atoms with E-state index >= 15 is 0 Å². The Morgan fingerprint density at radius 1 is 1.10 bits per heavy atom. The number of nitrogens with one attached hydrogen (secondary N) is 1. The third kappa shape index (κ3) is 3.99. The zero-order valence-electron chi connectivity index (χ0n) is 16.6. The minimum atomic E-state index is -3.86. The maximum absolute atomic E-state index is 13.3. The van der Waals surface area contributed by atoms with Crippen molar-refractivity contribution in [2.45, 2.75) is 29.7 Å². The van der Waals surface area contributed by atoms with Crippen molar-refractivity contribution in [3.8, 4) is 17.2 Å². The number of aryl methyl sites for hydroxylation is 1. The average Bonchev–Trinajstić information content (AvgIpc) is 3.29. The molecule has 0 bridgehead atoms. The highest BCUT2D eigenvalue weighted by molar-refractivity contribution is 7.96. The number of rotatable bonds is 6. The van der Waals surface area contributed by atoms with Crippen molar-refractivity contribution < 1.29 is 31.0 Å². The fourth-order valence-electron chi connectivity index (χ4n) is 3.81. The Bertz CT molecular complexity index is 1180. The van der Waals surface area contributed by atoms with Gasteiger partial charge in [-0.25, -0.2) is 16.8 Å². The van der Waals surface area contributed by atoms with Crippen LogP contribution in [0.2, 0.25) is 0 Å². The standard InChI is InChI=1S/C20H23NO7S2/c1-13-7-15(4-6-17(13)26-2)30(24,25)20-11-29(22,23)10-16(20)21-9-14-3-5-18-19(8-14)28-12-27-18/h3-8,16,20-21H,9-12H2,1-2H3/t16-,20-/m0/s1. The van der Waals surface area contributed by atoms with Crippen molar-refractivity contribution in [2.24, 2.45) is 0 Å². The Kier molecular flexibility index (Phi) is 5.41. The molecule has 0 saturated carbocycles. The summed E-state index contributed by atoms with van der Waals surface area (Å²) < 4.78 is 67.0. The van der Waals surface area contributed by atoms with Gasteiger partial charge in [-0.2, -0.15) is 0 Å². The lowest BCUT2D eigenvalue weighted by atomic mass is 10.2. The van der Waals surface area contributed by atoms with Crippen molar-refractivity contribution in [2.75, 3.05) is 25.4 Å². The van der Waals surface area contributed by atoms with Gasteiger partial charge in [-0.05, 0) is 48.4 Å². The van der Waals surface area contributed by atoms with Crippen LogP contribution in [0.5, 0.6) is 17.2 Å². The minimum absolute atomic E-state index is 0.0952. The molecule has 0 aliphatic carbocycles. The molecule has 0 unspecified atom stereocenters. The van der Waals surface area contributed by atoms with E-state index in [4.69, 9.17) is 14.2 Å². The number of methoxy groups -OCH3 is 1. The molecule has 4 rings (SSSR count). The van der Waals surface area contributed by atoms with Gasteiger partial charge >= 0.3 is 0 Å². The first-order chi connectivity index (χ1) is 14.2. The first-order valence-electron chi connectivity index (χ1n) is 9.40. The molecule has 0 aromatic heterocycles. The van der Waals surface area contributed by atoms with Gasteiger partial charge in [0.1, 0.15) is 5.75 Å². The van der Waals surface area contributed by atoms with Crippen LogP contribution in [0.1, 0.15) is 11.1 Å². The van der Waals surface area contributed by atoms with E-state index < -0.39 is 36.7 Å². The second kappa shape index (κ2) is 7.75. The largest absolute Gasteiger partial charge is 0.496 e. The van der Waals surface area contributed by atoms with Crippen molar-refractivity contribution in [1.29, 1.82) is 0 Å².